The smallest absolute Gasteiger partial charge is 0.333 e. The number of fused-ring (bicyclic) bond motifs is 7. The monoisotopic (exact) mass is 774 g/mol. The van der Waals surface area contributed by atoms with Gasteiger partial charge in [0, 0.05) is 37.0 Å². The van der Waals surface area contributed by atoms with Crippen LogP contribution in [0.15, 0.2) is 46.6 Å². The zero-order valence-corrected chi connectivity index (χ0v) is 34.8. The van der Waals surface area contributed by atoms with E-state index in [-0.39, 0.29) is 37.4 Å². The van der Waals surface area contributed by atoms with E-state index < -0.39 is 74.0 Å². The first-order valence-electron chi connectivity index (χ1n) is 19.4. The van der Waals surface area contributed by atoms with E-state index >= 15 is 0 Å². The van der Waals surface area contributed by atoms with E-state index in [1.54, 1.807) is 59.8 Å². The van der Waals surface area contributed by atoms with Crippen molar-refractivity contribution >= 4 is 43.2 Å². The van der Waals surface area contributed by atoms with Gasteiger partial charge in [-0.3, -0.25) is 0 Å². The van der Waals surface area contributed by atoms with Crippen molar-refractivity contribution in [1.29, 1.82) is 0 Å². The maximum absolute atomic E-state index is 13.4. The third-order valence-electron chi connectivity index (χ3n) is 14.9. The number of hydrogen-bond donors (Lipinski definition) is 5. The molecule has 5 aliphatic rings. The van der Waals surface area contributed by atoms with Crippen LogP contribution in [-0.2, 0) is 28.6 Å². The van der Waals surface area contributed by atoms with Gasteiger partial charge in [-0.05, 0) is 110 Å². The van der Waals surface area contributed by atoms with Crippen LogP contribution in [-0.4, -0.2) is 80.4 Å². The van der Waals surface area contributed by atoms with Crippen molar-refractivity contribution in [3.8, 4) is 0 Å². The molecule has 0 heterocycles. The normalized spacial score (nSPS) is 44.3. The van der Waals surface area contributed by atoms with Crippen molar-refractivity contribution in [2.24, 2.45) is 39.9 Å². The Hall–Kier alpha value is -2.05. The highest BCUT2D eigenvalue weighted by Crippen LogP contribution is 2.73. The van der Waals surface area contributed by atoms with Gasteiger partial charge in [-0.25, -0.2) is 14.4 Å². The number of hydrogen-bond acceptors (Lipinski definition) is 11. The van der Waals surface area contributed by atoms with Crippen LogP contribution in [0.25, 0.3) is 0 Å². The van der Waals surface area contributed by atoms with Gasteiger partial charge in [0.15, 0.2) is 0 Å². The number of carbonyl (C=O) groups is 3. The van der Waals surface area contributed by atoms with Gasteiger partial charge in [0.05, 0.1) is 30.3 Å². The van der Waals surface area contributed by atoms with Gasteiger partial charge in [-0.15, -0.1) is 0 Å². The van der Waals surface area contributed by atoms with Gasteiger partial charge in [-0.1, -0.05) is 50.6 Å². The van der Waals surface area contributed by atoms with Crippen LogP contribution in [0.4, 0.5) is 0 Å². The zero-order chi connectivity index (χ0) is 39.5. The van der Waals surface area contributed by atoms with Crippen LogP contribution in [0.2, 0.25) is 0 Å². The van der Waals surface area contributed by atoms with Crippen molar-refractivity contribution in [2.75, 3.05) is 13.2 Å². The highest BCUT2D eigenvalue weighted by Gasteiger charge is 2.73. The molecule has 3 N–H and O–H groups in total. The van der Waals surface area contributed by atoms with E-state index in [0.717, 1.165) is 5.57 Å². The van der Waals surface area contributed by atoms with Crippen molar-refractivity contribution < 1.29 is 43.9 Å². The molecule has 0 aromatic rings. The molecule has 0 radical (unpaired) electrons. The fourth-order valence-corrected chi connectivity index (χ4v) is 12.7. The van der Waals surface area contributed by atoms with E-state index in [9.17, 15) is 29.7 Å². The standard InChI is InChI=1S/C42H62O9S2/c1-10-23(4)35(46)49-21-38(8)29-15-18-42(53)30(41(29,52)17-16-31(38)43)14-13-27-28-19-26(7)33(45)34(51-37(48)25(6)12-3)40(28,32(44)20-39(27,42)9)22-50-36(47)24(5)11-2/h10-13,26,28-34,43-45,52-53H,14-22H2,1-9H3/b23-10+,24-11+,25-12+/t26-,28?,29?,30?,31+,32-,33-,34+,38-,39-,40+,41-,42+/m1/s1. The van der Waals surface area contributed by atoms with E-state index in [2.05, 4.69) is 13.0 Å². The van der Waals surface area contributed by atoms with Gasteiger partial charge in [0.1, 0.15) is 12.7 Å². The molecule has 0 spiro atoms. The maximum atomic E-state index is 13.4. The molecule has 4 saturated carbocycles. The lowest BCUT2D eigenvalue weighted by Gasteiger charge is -2.71. The average Bonchev–Trinajstić information content (AvgIpc) is 3.12. The zero-order valence-electron chi connectivity index (χ0n) is 33.0. The fourth-order valence-electron chi connectivity index (χ4n) is 11.0. The summed E-state index contributed by atoms with van der Waals surface area (Å²) in [6.45, 7) is 16.3. The second-order valence-corrected chi connectivity index (χ2v) is 19.0. The summed E-state index contributed by atoms with van der Waals surface area (Å²) < 4.78 is 16.8. The second-order valence-electron chi connectivity index (χ2n) is 17.3. The number of aliphatic hydroxyl groups is 3. The topological polar surface area (TPSA) is 140 Å². The molecular weight excluding hydrogens is 713 g/mol. The van der Waals surface area contributed by atoms with Crippen molar-refractivity contribution in [3.63, 3.8) is 0 Å². The van der Waals surface area contributed by atoms with Gasteiger partial charge in [0.25, 0.3) is 0 Å². The van der Waals surface area contributed by atoms with Crippen molar-refractivity contribution in [2.45, 2.75) is 141 Å². The number of ether oxygens (including phenoxy) is 3. The van der Waals surface area contributed by atoms with Gasteiger partial charge in [0.2, 0.25) is 0 Å². The Morgan fingerprint density at radius 3 is 1.98 bits per heavy atom. The minimum atomic E-state index is -1.32. The molecule has 9 nitrogen and oxygen atoms in total. The number of allylic oxidation sites excluding steroid dienone is 5. The summed E-state index contributed by atoms with van der Waals surface area (Å²) in [5, 5.41) is 35.9. The third kappa shape index (κ3) is 6.50. The Balaban J connectivity index is 1.59. The number of aliphatic hydroxyl groups excluding tert-OH is 3. The van der Waals surface area contributed by atoms with Crippen LogP contribution < -0.4 is 0 Å². The summed E-state index contributed by atoms with van der Waals surface area (Å²) >= 11 is 11.2. The summed E-state index contributed by atoms with van der Waals surface area (Å²) in [4.78, 5) is 39.3. The molecule has 53 heavy (non-hydrogen) atoms. The number of carbonyl (C=O) groups excluding carboxylic acids is 3. The Morgan fingerprint density at radius 2 is 1.40 bits per heavy atom. The minimum absolute atomic E-state index is 0.0543. The van der Waals surface area contributed by atoms with Crippen LogP contribution >= 0.6 is 25.3 Å². The highest BCUT2D eigenvalue weighted by molar-refractivity contribution is 7.83. The molecule has 13 atom stereocenters. The van der Waals surface area contributed by atoms with E-state index in [1.807, 2.05) is 13.8 Å². The summed E-state index contributed by atoms with van der Waals surface area (Å²) in [5.41, 5.74) is -0.299. The van der Waals surface area contributed by atoms with E-state index in [0.29, 0.717) is 55.2 Å². The largest absolute Gasteiger partial charge is 0.462 e. The third-order valence-corrected chi connectivity index (χ3v) is 16.8. The molecule has 0 aromatic carbocycles. The quantitative estimate of drug-likeness (QED) is 0.0614. The Morgan fingerprint density at radius 1 is 0.830 bits per heavy atom. The summed E-state index contributed by atoms with van der Waals surface area (Å²) in [7, 11) is 0. The molecule has 5 aliphatic carbocycles. The molecule has 0 saturated heterocycles. The number of rotatable bonds is 8. The van der Waals surface area contributed by atoms with Crippen LogP contribution in [0.1, 0.15) is 107 Å². The Labute approximate surface area is 326 Å². The molecule has 4 fully saturated rings. The first-order chi connectivity index (χ1) is 24.7. The molecule has 296 valence electrons. The lowest BCUT2D eigenvalue weighted by molar-refractivity contribution is -0.237. The fraction of sp³-hybridized carbons (Fsp3) is 0.738. The van der Waals surface area contributed by atoms with Crippen molar-refractivity contribution in [1.82, 2.24) is 0 Å². The lowest BCUT2D eigenvalue weighted by atomic mass is 9.39. The average molecular weight is 775 g/mol. The Kier molecular flexibility index (Phi) is 12.0. The first kappa shape index (κ1) is 42.1. The maximum Gasteiger partial charge on any atom is 0.333 e. The first-order valence-corrected chi connectivity index (χ1v) is 20.3. The molecule has 0 aromatic heterocycles. The summed E-state index contributed by atoms with van der Waals surface area (Å²) in [6.07, 6.45) is 7.13. The van der Waals surface area contributed by atoms with Gasteiger partial charge < -0.3 is 29.5 Å². The second kappa shape index (κ2) is 15.1. The Bertz CT molecular complexity index is 1600. The summed E-state index contributed by atoms with van der Waals surface area (Å²) in [5.74, 6) is -2.34. The SMILES string of the molecule is C/C=C(\C)C(=O)OC[C@@]12C(C[C@@H](C)[C@@H](O)[C@@H]1OC(=O)/C(C)=C/C)C1=CCC3[C@@]4(S)CC[C@H](O)[C@](C)(COC(=O)/C(C)=C/C)C4CC[C@@]3(S)[C@]1(C)C[C@H]2O. The molecule has 5 rings (SSSR count). The lowest BCUT2D eigenvalue weighted by Crippen LogP contribution is -2.73. The van der Waals surface area contributed by atoms with Gasteiger partial charge >= 0.3 is 17.9 Å². The van der Waals surface area contributed by atoms with Gasteiger partial charge in [-0.2, -0.15) is 25.3 Å². The van der Waals surface area contributed by atoms with Crippen LogP contribution in [0, 0.1) is 39.9 Å². The molecular formula is C42H62O9S2. The molecule has 0 bridgehead atoms. The van der Waals surface area contributed by atoms with Crippen molar-refractivity contribution in [3.05, 3.63) is 46.6 Å². The number of esters is 3. The summed E-state index contributed by atoms with van der Waals surface area (Å²) in [6, 6.07) is 0. The van der Waals surface area contributed by atoms with E-state index in [4.69, 9.17) is 39.5 Å². The predicted molar refractivity (Wildman–Crippen MR) is 210 cm³/mol. The van der Waals surface area contributed by atoms with Crippen LogP contribution in [0.5, 0.6) is 0 Å². The minimum Gasteiger partial charge on any atom is -0.462 e. The highest BCUT2D eigenvalue weighted by atomic mass is 32.1. The molecule has 0 aliphatic heterocycles. The molecule has 11 heteroatoms. The predicted octanol–water partition coefficient (Wildman–Crippen LogP) is 6.51. The number of thiol groups is 2. The van der Waals surface area contributed by atoms with E-state index in [1.165, 1.54) is 0 Å². The molecule has 0 amide bonds. The van der Waals surface area contributed by atoms with Crippen LogP contribution in [0.3, 0.4) is 0 Å². The molecule has 3 unspecified atom stereocenters.